The minimum Gasteiger partial charge on any atom is -0.145 e. The number of rotatable bonds is 4. The van der Waals surface area contributed by atoms with E-state index in [1.165, 1.54) is 29.0 Å². The van der Waals surface area contributed by atoms with E-state index in [1.54, 1.807) is 74.6 Å². The van der Waals surface area contributed by atoms with E-state index >= 15 is 0 Å². The molecule has 0 saturated heterocycles. The summed E-state index contributed by atoms with van der Waals surface area (Å²) in [5.74, 6) is 6.77. The summed E-state index contributed by atoms with van der Waals surface area (Å²) in [5.41, 5.74) is 10.1. The molecule has 2 aromatic heterocycles. The Bertz CT molecular complexity index is 1410. The van der Waals surface area contributed by atoms with Crippen LogP contribution in [0.15, 0.2) is 0 Å². The quantitative estimate of drug-likeness (QED) is 0.301. The molecule has 42 heavy (non-hydrogen) atoms. The third-order valence-corrected chi connectivity index (χ3v) is 23.3. The van der Waals surface area contributed by atoms with Gasteiger partial charge in [0.1, 0.15) is 0 Å². The van der Waals surface area contributed by atoms with E-state index in [9.17, 15) is 0 Å². The predicted octanol–water partition coefficient (Wildman–Crippen LogP) is 12.6. The first-order chi connectivity index (χ1) is 19.9. The fraction of sp³-hybridized carbons (Fsp3) is 0.737. The molecule has 3 heterocycles. The topological polar surface area (TPSA) is 0 Å². The smallest absolute Gasteiger partial charge is 0.0555 e. The van der Waals surface area contributed by atoms with Crippen LogP contribution in [0.1, 0.15) is 107 Å². The van der Waals surface area contributed by atoms with E-state index in [-0.39, 0.29) is 0 Å². The minimum absolute atomic E-state index is 0.726. The van der Waals surface area contributed by atoms with E-state index in [0.29, 0.717) is 0 Å². The molecule has 1 aliphatic heterocycles. The van der Waals surface area contributed by atoms with Crippen molar-refractivity contribution in [1.82, 2.24) is 0 Å². The lowest BCUT2D eigenvalue weighted by atomic mass is 9.62. The molecule has 10 unspecified atom stereocenters. The first-order valence-corrected chi connectivity index (χ1v) is 23.1. The van der Waals surface area contributed by atoms with Gasteiger partial charge < -0.3 is 0 Å². The third kappa shape index (κ3) is 4.44. The van der Waals surface area contributed by atoms with Gasteiger partial charge in [-0.1, -0.05) is 46.2 Å². The van der Waals surface area contributed by atoms with Gasteiger partial charge in [-0.3, -0.25) is 0 Å². The Hall–Kier alpha value is -0.293. The molecule has 0 spiro atoms. The van der Waals surface area contributed by atoms with E-state index < -0.39 is 8.07 Å². The van der Waals surface area contributed by atoms with Crippen molar-refractivity contribution in [3.8, 4) is 0 Å². The predicted molar refractivity (Wildman–Crippen MR) is 193 cm³/mol. The van der Waals surface area contributed by atoms with Crippen LogP contribution in [-0.4, -0.2) is 13.3 Å². The maximum Gasteiger partial charge on any atom is 0.0555 e. The molecule has 4 saturated carbocycles. The summed E-state index contributed by atoms with van der Waals surface area (Å²) in [5, 5.41) is 0.780. The molecule has 230 valence electrons. The lowest BCUT2D eigenvalue weighted by Gasteiger charge is -2.49. The molecule has 0 aromatic carbocycles. The molecule has 4 fully saturated rings. The lowest BCUT2D eigenvalue weighted by Crippen LogP contribution is -2.47. The van der Waals surface area contributed by atoms with Crippen molar-refractivity contribution < 1.29 is 0 Å². The average molecular weight is 637 g/mol. The van der Waals surface area contributed by atoms with Crippen LogP contribution in [0.4, 0.5) is 0 Å². The summed E-state index contributed by atoms with van der Waals surface area (Å²) in [7, 11) is -1.56. The highest BCUT2D eigenvalue weighted by atomic mass is 32.2. The molecule has 4 heteroatoms. The number of thiophene rings is 2. The van der Waals surface area contributed by atoms with Gasteiger partial charge in [0, 0.05) is 35.2 Å². The Morgan fingerprint density at radius 2 is 1.24 bits per heavy atom. The van der Waals surface area contributed by atoms with Crippen molar-refractivity contribution >= 4 is 53.0 Å². The summed E-state index contributed by atoms with van der Waals surface area (Å²) < 4.78 is 0. The second-order valence-corrected chi connectivity index (χ2v) is 25.3. The van der Waals surface area contributed by atoms with Gasteiger partial charge in [0.2, 0.25) is 0 Å². The Kier molecular flexibility index (Phi) is 7.89. The van der Waals surface area contributed by atoms with Gasteiger partial charge in [-0.05, 0) is 148 Å². The van der Waals surface area contributed by atoms with Crippen LogP contribution in [-0.2, 0) is 0 Å². The molecule has 4 aliphatic carbocycles. The van der Waals surface area contributed by atoms with Gasteiger partial charge in [-0.15, -0.1) is 34.4 Å². The van der Waals surface area contributed by atoms with Crippen molar-refractivity contribution in [1.29, 1.82) is 0 Å². The van der Waals surface area contributed by atoms with Gasteiger partial charge in [0.25, 0.3) is 0 Å². The summed E-state index contributed by atoms with van der Waals surface area (Å²) >= 11 is 6.46. The Morgan fingerprint density at radius 1 is 0.619 bits per heavy atom. The van der Waals surface area contributed by atoms with E-state index in [1.807, 2.05) is 22.7 Å². The van der Waals surface area contributed by atoms with Crippen LogP contribution in [0.3, 0.4) is 0 Å². The molecule has 2 aromatic rings. The number of hydrogen-bond donors (Lipinski definition) is 0. The fourth-order valence-electron chi connectivity index (χ4n) is 12.4. The highest BCUT2D eigenvalue weighted by molar-refractivity contribution is 8.09. The van der Waals surface area contributed by atoms with Gasteiger partial charge in [-0.25, -0.2) is 0 Å². The third-order valence-electron chi connectivity index (χ3n) is 13.9. The van der Waals surface area contributed by atoms with Crippen LogP contribution in [0.5, 0.6) is 0 Å². The van der Waals surface area contributed by atoms with Gasteiger partial charge in [0.15, 0.2) is 0 Å². The standard InChI is InChI=1S/C38H56S3Si/c1-19-17-30-28-14-12-11-13-27(28)15-16-29(30)37(19)42(9,10)38-20(2)18-31-34(32-21(3)23(5)39-25(32)7)36(41-35(31)38)33-22(4)24(6)40-26(33)8/h19-20,27-31,35,37-38H,11-18H2,1-10H3. The molecular weight excluding hydrogens is 581 g/mol. The SMILES string of the molecule is Cc1sc(C)c(C2=C(c3c(C)sc(C)c3C)C3CC(C)C([Si](C)(C)C4C(C)CC5C6CCCCC6CCC54)C3S2)c1C. The van der Waals surface area contributed by atoms with E-state index in [0.717, 1.165) is 57.8 Å². The molecule has 10 atom stereocenters. The number of hydrogen-bond acceptors (Lipinski definition) is 3. The first-order valence-electron chi connectivity index (χ1n) is 17.5. The molecular formula is C38H56S3Si. The zero-order chi connectivity index (χ0) is 29.8. The molecule has 0 bridgehead atoms. The fourth-order valence-corrected chi connectivity index (χ4v) is 24.0. The number of thioether (sulfide) groups is 1. The summed E-state index contributed by atoms with van der Waals surface area (Å²) in [4.78, 5) is 7.84. The highest BCUT2D eigenvalue weighted by Gasteiger charge is 2.61. The molecule has 7 rings (SSSR count). The van der Waals surface area contributed by atoms with Gasteiger partial charge in [-0.2, -0.15) is 0 Å². The van der Waals surface area contributed by atoms with Crippen molar-refractivity contribution in [2.24, 2.45) is 41.4 Å². The maximum absolute atomic E-state index is 2.90. The van der Waals surface area contributed by atoms with Crippen molar-refractivity contribution in [3.63, 3.8) is 0 Å². The highest BCUT2D eigenvalue weighted by Crippen LogP contribution is 2.70. The van der Waals surface area contributed by atoms with Gasteiger partial charge >= 0.3 is 0 Å². The summed E-state index contributed by atoms with van der Waals surface area (Å²) in [6.07, 6.45) is 12.2. The van der Waals surface area contributed by atoms with Crippen LogP contribution < -0.4 is 0 Å². The van der Waals surface area contributed by atoms with Crippen LogP contribution >= 0.6 is 34.4 Å². The molecule has 0 N–H and O–H groups in total. The van der Waals surface area contributed by atoms with Crippen molar-refractivity contribution in [3.05, 3.63) is 41.8 Å². The summed E-state index contributed by atoms with van der Waals surface area (Å²) in [6.45, 7) is 25.6. The molecule has 5 aliphatic rings. The Labute approximate surface area is 271 Å². The second kappa shape index (κ2) is 10.9. The number of aryl methyl sites for hydroxylation is 4. The zero-order valence-electron chi connectivity index (χ0n) is 28.2. The number of allylic oxidation sites excluding steroid dienone is 1. The summed E-state index contributed by atoms with van der Waals surface area (Å²) in [6, 6.07) is 0. The van der Waals surface area contributed by atoms with Crippen molar-refractivity contribution in [2.75, 3.05) is 0 Å². The Balaban J connectivity index is 1.28. The van der Waals surface area contributed by atoms with Crippen LogP contribution in [0.25, 0.3) is 10.5 Å². The average Bonchev–Trinajstić information content (AvgIpc) is 3.67. The molecule has 0 amide bonds. The lowest BCUT2D eigenvalue weighted by molar-refractivity contribution is 0.0720. The normalized spacial score (nSPS) is 38.2. The number of fused-ring (bicyclic) bond motifs is 4. The monoisotopic (exact) mass is 636 g/mol. The van der Waals surface area contributed by atoms with E-state index in [2.05, 4.69) is 80.2 Å². The largest absolute Gasteiger partial charge is 0.145 e. The minimum atomic E-state index is -1.56. The van der Waals surface area contributed by atoms with E-state index in [4.69, 9.17) is 0 Å². The Morgan fingerprint density at radius 3 is 1.88 bits per heavy atom. The second-order valence-electron chi connectivity index (χ2n) is 16.3. The van der Waals surface area contributed by atoms with Crippen LogP contribution in [0.2, 0.25) is 24.2 Å². The van der Waals surface area contributed by atoms with Crippen LogP contribution in [0, 0.1) is 83.0 Å². The molecule has 0 radical (unpaired) electrons. The zero-order valence-corrected chi connectivity index (χ0v) is 31.6. The van der Waals surface area contributed by atoms with Crippen molar-refractivity contribution in [2.45, 2.75) is 136 Å². The van der Waals surface area contributed by atoms with Gasteiger partial charge in [0.05, 0.1) is 8.07 Å². The maximum atomic E-state index is 2.90. The molecule has 0 nitrogen and oxygen atoms in total. The first kappa shape index (κ1) is 30.4.